The molecule has 1 saturated heterocycles. The van der Waals surface area contributed by atoms with Gasteiger partial charge in [0.15, 0.2) is 12.2 Å². The third kappa shape index (κ3) is 6.83. The van der Waals surface area contributed by atoms with Crippen LogP contribution in [0, 0.1) is 0 Å². The molecule has 1 aliphatic rings. The van der Waals surface area contributed by atoms with Crippen molar-refractivity contribution in [2.45, 2.75) is 64.4 Å². The van der Waals surface area contributed by atoms with E-state index in [4.69, 9.17) is 18.9 Å². The number of nitrogens with one attached hydrogen (secondary N) is 1. The van der Waals surface area contributed by atoms with Crippen molar-refractivity contribution >= 4 is 35.6 Å². The minimum atomic E-state index is -0.987. The molecule has 0 aromatic heterocycles. The van der Waals surface area contributed by atoms with Gasteiger partial charge in [-0.25, -0.2) is 0 Å². The number of carbonyl (C=O) groups excluding carboxylic acids is 4. The van der Waals surface area contributed by atoms with Crippen LogP contribution >= 0.6 is 11.8 Å². The molecule has 10 heteroatoms. The van der Waals surface area contributed by atoms with Gasteiger partial charge >= 0.3 is 17.9 Å². The minimum absolute atomic E-state index is 0.256. The molecule has 1 aliphatic heterocycles. The zero-order valence-electron chi connectivity index (χ0n) is 15.5. The smallest absolute Gasteiger partial charge is 0.303 e. The van der Waals surface area contributed by atoms with E-state index in [-0.39, 0.29) is 12.5 Å². The third-order valence-corrected chi connectivity index (χ3v) is 4.47. The molecule has 5 atom stereocenters. The first-order valence-electron chi connectivity index (χ1n) is 8.17. The first kappa shape index (κ1) is 22.2. The van der Waals surface area contributed by atoms with Crippen LogP contribution in [0.25, 0.3) is 0 Å². The highest BCUT2D eigenvalue weighted by molar-refractivity contribution is 7.99. The molecule has 26 heavy (non-hydrogen) atoms. The number of esters is 3. The van der Waals surface area contributed by atoms with Gasteiger partial charge in [0.1, 0.15) is 24.2 Å². The quantitative estimate of drug-likeness (QED) is 0.463. The van der Waals surface area contributed by atoms with E-state index in [1.54, 1.807) is 0 Å². The van der Waals surface area contributed by atoms with Crippen LogP contribution in [0.1, 0.15) is 34.6 Å². The van der Waals surface area contributed by atoms with Crippen LogP contribution in [0.2, 0.25) is 0 Å². The summed E-state index contributed by atoms with van der Waals surface area (Å²) >= 11 is 1.41. The summed E-state index contributed by atoms with van der Waals surface area (Å²) in [5, 5.41) is 2.72. The van der Waals surface area contributed by atoms with Crippen molar-refractivity contribution in [1.29, 1.82) is 0 Å². The van der Waals surface area contributed by atoms with Crippen molar-refractivity contribution in [3.63, 3.8) is 0 Å². The second kappa shape index (κ2) is 10.4. The Labute approximate surface area is 156 Å². The van der Waals surface area contributed by atoms with E-state index in [0.29, 0.717) is 5.75 Å². The summed E-state index contributed by atoms with van der Waals surface area (Å²) in [6.45, 7) is 6.66. The van der Waals surface area contributed by atoms with E-state index >= 15 is 0 Å². The summed E-state index contributed by atoms with van der Waals surface area (Å²) in [5.41, 5.74) is -0.520. The maximum atomic E-state index is 11.6. The Morgan fingerprint density at radius 2 is 1.73 bits per heavy atom. The molecule has 0 radical (unpaired) electrons. The lowest BCUT2D eigenvalue weighted by Gasteiger charge is -2.28. The summed E-state index contributed by atoms with van der Waals surface area (Å²) in [4.78, 5) is 45.7. The Morgan fingerprint density at radius 3 is 2.19 bits per heavy atom. The molecule has 1 fully saturated rings. The largest absolute Gasteiger partial charge is 0.462 e. The Bertz CT molecular complexity index is 540. The number of carbonyl (C=O) groups is 4. The lowest BCUT2D eigenvalue weighted by molar-refractivity contribution is -0.173. The summed E-state index contributed by atoms with van der Waals surface area (Å²) in [7, 11) is 0. The molecule has 0 spiro atoms. The summed E-state index contributed by atoms with van der Waals surface area (Å²) in [6, 6.07) is -0.637. The van der Waals surface area contributed by atoms with Crippen LogP contribution in [0.5, 0.6) is 0 Å². The molecular weight excluding hydrogens is 366 g/mol. The zero-order chi connectivity index (χ0) is 19.9. The molecule has 1 N–H and O–H groups in total. The van der Waals surface area contributed by atoms with Crippen LogP contribution in [0.15, 0.2) is 0 Å². The first-order valence-corrected chi connectivity index (χ1v) is 9.22. The van der Waals surface area contributed by atoms with Gasteiger partial charge in [-0.1, -0.05) is 6.92 Å². The number of hydrogen-bond donors (Lipinski definition) is 1. The van der Waals surface area contributed by atoms with Crippen molar-refractivity contribution in [2.75, 3.05) is 12.4 Å². The Hall–Kier alpha value is -1.81. The SMILES string of the molecule is CCS[C@@H]1O[C@@H]([C@@H](COC(C)=O)OC(C)=O)[C@@H](OC(C)=O)[C@H]1NC(C)=O. The van der Waals surface area contributed by atoms with E-state index in [9.17, 15) is 19.2 Å². The van der Waals surface area contributed by atoms with E-state index < -0.39 is 47.7 Å². The highest BCUT2D eigenvalue weighted by Crippen LogP contribution is 2.34. The molecule has 1 rings (SSSR count). The second-order valence-electron chi connectivity index (χ2n) is 5.68. The standard InChI is InChI=1S/C16H25NO8S/c1-6-26-16-13(17-8(2)18)15(24-11(5)21)14(25-16)12(23-10(4)20)7-22-9(3)19/h12-16H,6-7H2,1-5H3,(H,17,18)/t12-,13-,14+,15+,16+/m1/s1. The first-order chi connectivity index (χ1) is 12.1. The van der Waals surface area contributed by atoms with Gasteiger partial charge in [0.25, 0.3) is 0 Å². The Kier molecular flexibility index (Phi) is 8.86. The molecule has 148 valence electrons. The van der Waals surface area contributed by atoms with Crippen LogP contribution in [0.4, 0.5) is 0 Å². The summed E-state index contributed by atoms with van der Waals surface area (Å²) in [6.07, 6.45) is -2.79. The van der Waals surface area contributed by atoms with Crippen molar-refractivity contribution in [2.24, 2.45) is 0 Å². The topological polar surface area (TPSA) is 117 Å². The predicted molar refractivity (Wildman–Crippen MR) is 92.1 cm³/mol. The van der Waals surface area contributed by atoms with Crippen molar-refractivity contribution in [1.82, 2.24) is 5.32 Å². The van der Waals surface area contributed by atoms with Crippen molar-refractivity contribution in [3.05, 3.63) is 0 Å². The highest BCUT2D eigenvalue weighted by atomic mass is 32.2. The van der Waals surface area contributed by atoms with E-state index in [0.717, 1.165) is 0 Å². The fraction of sp³-hybridized carbons (Fsp3) is 0.750. The van der Waals surface area contributed by atoms with Crippen LogP contribution in [0.3, 0.4) is 0 Å². The number of thioether (sulfide) groups is 1. The molecule has 0 aromatic carbocycles. The van der Waals surface area contributed by atoms with Gasteiger partial charge in [0.05, 0.1) is 0 Å². The fourth-order valence-corrected chi connectivity index (χ4v) is 3.57. The maximum Gasteiger partial charge on any atom is 0.303 e. The normalized spacial score (nSPS) is 25.9. The van der Waals surface area contributed by atoms with Crippen molar-refractivity contribution < 1.29 is 38.1 Å². The van der Waals surface area contributed by atoms with Gasteiger partial charge in [-0.2, -0.15) is 0 Å². The van der Waals surface area contributed by atoms with Crippen LogP contribution in [-0.2, 0) is 38.1 Å². The van der Waals surface area contributed by atoms with Gasteiger partial charge in [0.2, 0.25) is 5.91 Å². The monoisotopic (exact) mass is 391 g/mol. The highest BCUT2D eigenvalue weighted by Gasteiger charge is 2.51. The number of hydrogen-bond acceptors (Lipinski definition) is 9. The molecule has 1 heterocycles. The van der Waals surface area contributed by atoms with Gasteiger partial charge in [-0.05, 0) is 5.75 Å². The minimum Gasteiger partial charge on any atom is -0.462 e. The van der Waals surface area contributed by atoms with Gasteiger partial charge in [0, 0.05) is 27.7 Å². The summed E-state index contributed by atoms with van der Waals surface area (Å²) in [5.74, 6) is -1.36. The molecule has 0 unspecified atom stereocenters. The fourth-order valence-electron chi connectivity index (χ4n) is 2.61. The summed E-state index contributed by atoms with van der Waals surface area (Å²) < 4.78 is 21.5. The predicted octanol–water partition coefficient (Wildman–Crippen LogP) is 0.396. The van der Waals surface area contributed by atoms with E-state index in [1.165, 1.54) is 39.5 Å². The number of ether oxygens (including phenoxy) is 4. The molecule has 1 amide bonds. The van der Waals surface area contributed by atoms with Crippen molar-refractivity contribution in [3.8, 4) is 0 Å². The molecule has 0 aromatic rings. The lowest BCUT2D eigenvalue weighted by atomic mass is 10.0. The second-order valence-corrected chi connectivity index (χ2v) is 7.05. The number of amides is 1. The zero-order valence-corrected chi connectivity index (χ0v) is 16.3. The third-order valence-electron chi connectivity index (χ3n) is 3.40. The Morgan fingerprint density at radius 1 is 1.08 bits per heavy atom. The Balaban J connectivity index is 3.13. The van der Waals surface area contributed by atoms with E-state index in [2.05, 4.69) is 5.32 Å². The van der Waals surface area contributed by atoms with E-state index in [1.807, 2.05) is 6.92 Å². The maximum absolute atomic E-state index is 11.6. The molecule has 9 nitrogen and oxygen atoms in total. The van der Waals surface area contributed by atoms with Gasteiger partial charge in [-0.15, -0.1) is 11.8 Å². The average Bonchev–Trinajstić information content (AvgIpc) is 2.80. The average molecular weight is 391 g/mol. The van der Waals surface area contributed by atoms with Crippen LogP contribution < -0.4 is 5.32 Å². The molecule has 0 aliphatic carbocycles. The van der Waals surface area contributed by atoms with Crippen LogP contribution in [-0.4, -0.2) is 66.0 Å². The van der Waals surface area contributed by atoms with Gasteiger partial charge < -0.3 is 24.3 Å². The number of rotatable bonds is 8. The molecule has 0 saturated carbocycles. The van der Waals surface area contributed by atoms with Gasteiger partial charge in [-0.3, -0.25) is 19.2 Å². The lowest BCUT2D eigenvalue weighted by Crippen LogP contribution is -2.51. The molecule has 0 bridgehead atoms. The molecular formula is C16H25NO8S.